The maximum Gasteiger partial charge on any atom is 0.312 e. The van der Waals surface area contributed by atoms with Crippen LogP contribution in [-0.2, 0) is 16.1 Å². The van der Waals surface area contributed by atoms with Crippen molar-refractivity contribution in [1.29, 1.82) is 0 Å². The second-order valence-electron chi connectivity index (χ2n) is 5.04. The van der Waals surface area contributed by atoms with Crippen LogP contribution in [0, 0.1) is 5.92 Å². The van der Waals surface area contributed by atoms with Gasteiger partial charge >= 0.3 is 11.8 Å². The average Bonchev–Trinajstić information content (AvgIpc) is 2.44. The molecule has 0 bridgehead atoms. The molecule has 2 N–H and O–H groups in total. The Balaban J connectivity index is 2.65. The summed E-state index contributed by atoms with van der Waals surface area (Å²) in [6.07, 6.45) is 0. The molecule has 0 aliphatic heterocycles. The number of nitrogens with zero attached hydrogens (tertiary/aromatic N) is 1. The van der Waals surface area contributed by atoms with Gasteiger partial charge in [-0.1, -0.05) is 44.2 Å². The maximum atomic E-state index is 12.1. The van der Waals surface area contributed by atoms with Crippen molar-refractivity contribution < 1.29 is 14.7 Å². The lowest BCUT2D eigenvalue weighted by atomic mass is 10.2. The molecule has 0 aliphatic rings. The van der Waals surface area contributed by atoms with Crippen LogP contribution in [0.15, 0.2) is 30.3 Å². The van der Waals surface area contributed by atoms with Gasteiger partial charge in [0.25, 0.3) is 0 Å². The van der Waals surface area contributed by atoms with E-state index in [1.54, 1.807) is 0 Å². The first-order valence-corrected chi connectivity index (χ1v) is 6.76. The van der Waals surface area contributed by atoms with Gasteiger partial charge in [-0.15, -0.1) is 0 Å². The third kappa shape index (κ3) is 5.40. The number of nitrogens with one attached hydrogen (secondary N) is 1. The van der Waals surface area contributed by atoms with Crippen LogP contribution in [-0.4, -0.2) is 41.5 Å². The van der Waals surface area contributed by atoms with E-state index < -0.39 is 11.8 Å². The van der Waals surface area contributed by atoms with E-state index in [4.69, 9.17) is 5.11 Å². The lowest BCUT2D eigenvalue weighted by Gasteiger charge is -2.21. The van der Waals surface area contributed by atoms with Crippen molar-refractivity contribution in [2.75, 3.05) is 19.7 Å². The Hall–Kier alpha value is -1.88. The monoisotopic (exact) mass is 278 g/mol. The summed E-state index contributed by atoms with van der Waals surface area (Å²) in [4.78, 5) is 25.2. The first-order valence-electron chi connectivity index (χ1n) is 6.76. The second kappa shape index (κ2) is 8.32. The fourth-order valence-corrected chi connectivity index (χ4v) is 1.69. The Bertz CT molecular complexity index is 432. The molecule has 1 aromatic rings. The summed E-state index contributed by atoms with van der Waals surface area (Å²) in [5.74, 6) is -0.946. The van der Waals surface area contributed by atoms with E-state index in [1.165, 1.54) is 4.90 Å². The van der Waals surface area contributed by atoms with Crippen molar-refractivity contribution in [3.63, 3.8) is 0 Å². The number of rotatable bonds is 6. The summed E-state index contributed by atoms with van der Waals surface area (Å²) >= 11 is 0. The highest BCUT2D eigenvalue weighted by Gasteiger charge is 2.21. The van der Waals surface area contributed by atoms with Crippen molar-refractivity contribution >= 4 is 11.8 Å². The molecule has 0 saturated carbocycles. The molecule has 0 spiro atoms. The fraction of sp³-hybridized carbons (Fsp3) is 0.467. The maximum absolute atomic E-state index is 12.1. The first-order chi connectivity index (χ1) is 9.54. The zero-order valence-electron chi connectivity index (χ0n) is 12.0. The number of carbonyl (C=O) groups is 2. The van der Waals surface area contributed by atoms with Gasteiger partial charge in [-0.3, -0.25) is 9.59 Å². The summed E-state index contributed by atoms with van der Waals surface area (Å²) in [5, 5.41) is 11.6. The molecule has 1 aromatic carbocycles. The predicted molar refractivity (Wildman–Crippen MR) is 76.8 cm³/mol. The summed E-state index contributed by atoms with van der Waals surface area (Å²) in [7, 11) is 0. The van der Waals surface area contributed by atoms with Crippen molar-refractivity contribution in [1.82, 2.24) is 10.2 Å². The van der Waals surface area contributed by atoms with E-state index in [0.717, 1.165) is 5.56 Å². The van der Waals surface area contributed by atoms with E-state index in [2.05, 4.69) is 5.32 Å². The Morgan fingerprint density at radius 1 is 1.25 bits per heavy atom. The zero-order chi connectivity index (χ0) is 15.0. The van der Waals surface area contributed by atoms with Crippen molar-refractivity contribution in [3.05, 3.63) is 35.9 Å². The second-order valence-corrected chi connectivity index (χ2v) is 5.04. The highest BCUT2D eigenvalue weighted by molar-refractivity contribution is 6.34. The molecule has 20 heavy (non-hydrogen) atoms. The van der Waals surface area contributed by atoms with Crippen molar-refractivity contribution in [3.8, 4) is 0 Å². The van der Waals surface area contributed by atoms with Crippen molar-refractivity contribution in [2.24, 2.45) is 5.92 Å². The zero-order valence-corrected chi connectivity index (χ0v) is 12.0. The van der Waals surface area contributed by atoms with E-state index in [9.17, 15) is 9.59 Å². The Morgan fingerprint density at radius 3 is 2.45 bits per heavy atom. The molecule has 0 fully saturated rings. The lowest BCUT2D eigenvalue weighted by molar-refractivity contribution is -0.146. The normalized spacial score (nSPS) is 10.4. The third-order valence-corrected chi connectivity index (χ3v) is 2.74. The average molecular weight is 278 g/mol. The summed E-state index contributed by atoms with van der Waals surface area (Å²) in [5.41, 5.74) is 0.922. The Morgan fingerprint density at radius 2 is 1.90 bits per heavy atom. The van der Waals surface area contributed by atoms with Crippen LogP contribution < -0.4 is 5.32 Å². The molecule has 5 heteroatoms. The number of hydrogen-bond donors (Lipinski definition) is 2. The first kappa shape index (κ1) is 16.2. The highest BCUT2D eigenvalue weighted by Crippen LogP contribution is 2.04. The number of hydrogen-bond acceptors (Lipinski definition) is 3. The molecular formula is C15H22N2O3. The number of aliphatic hydroxyl groups is 1. The summed E-state index contributed by atoms with van der Waals surface area (Å²) in [6.45, 7) is 4.66. The molecule has 110 valence electrons. The van der Waals surface area contributed by atoms with Gasteiger partial charge in [0, 0.05) is 19.6 Å². The van der Waals surface area contributed by atoms with Crippen LogP contribution in [0.4, 0.5) is 0 Å². The van der Waals surface area contributed by atoms with Gasteiger partial charge < -0.3 is 15.3 Å². The largest absolute Gasteiger partial charge is 0.395 e. The van der Waals surface area contributed by atoms with Gasteiger partial charge in [-0.05, 0) is 11.5 Å². The van der Waals surface area contributed by atoms with Gasteiger partial charge in [0.1, 0.15) is 0 Å². The summed E-state index contributed by atoms with van der Waals surface area (Å²) < 4.78 is 0. The van der Waals surface area contributed by atoms with Crippen LogP contribution in [0.25, 0.3) is 0 Å². The van der Waals surface area contributed by atoms with Crippen molar-refractivity contribution in [2.45, 2.75) is 20.4 Å². The molecule has 0 atom stereocenters. The van der Waals surface area contributed by atoms with Crippen LogP contribution in [0.3, 0.4) is 0 Å². The Labute approximate surface area is 119 Å². The molecule has 1 rings (SSSR count). The van der Waals surface area contributed by atoms with Gasteiger partial charge in [-0.25, -0.2) is 0 Å². The molecule has 0 radical (unpaired) electrons. The van der Waals surface area contributed by atoms with Gasteiger partial charge in [-0.2, -0.15) is 0 Å². The Kier molecular flexibility index (Phi) is 6.73. The molecule has 2 amide bonds. The minimum absolute atomic E-state index is 0.142. The number of amides is 2. The highest BCUT2D eigenvalue weighted by atomic mass is 16.3. The molecule has 0 unspecified atom stereocenters. The minimum atomic E-state index is -0.622. The smallest absolute Gasteiger partial charge is 0.312 e. The van der Waals surface area contributed by atoms with Gasteiger partial charge in [0.05, 0.1) is 6.61 Å². The predicted octanol–water partition coefficient (Wildman–Crippen LogP) is 0.780. The molecule has 5 nitrogen and oxygen atoms in total. The van der Waals surface area contributed by atoms with Gasteiger partial charge in [0.15, 0.2) is 0 Å². The SMILES string of the molecule is CC(C)CNC(=O)C(=O)N(CCO)Cc1ccccc1. The van der Waals surface area contributed by atoms with Crippen LogP contribution >= 0.6 is 0 Å². The van der Waals surface area contributed by atoms with Gasteiger partial charge in [0.2, 0.25) is 0 Å². The number of benzene rings is 1. The molecule has 0 saturated heterocycles. The fourth-order valence-electron chi connectivity index (χ4n) is 1.69. The number of carbonyl (C=O) groups excluding carboxylic acids is 2. The molecular weight excluding hydrogens is 256 g/mol. The molecule has 0 aliphatic carbocycles. The van der Waals surface area contributed by atoms with Crippen LogP contribution in [0.5, 0.6) is 0 Å². The molecule has 0 aromatic heterocycles. The third-order valence-electron chi connectivity index (χ3n) is 2.74. The van der Waals surface area contributed by atoms with E-state index >= 15 is 0 Å². The van der Waals surface area contributed by atoms with E-state index in [0.29, 0.717) is 13.1 Å². The topological polar surface area (TPSA) is 69.6 Å². The van der Waals surface area contributed by atoms with Crippen LogP contribution in [0.1, 0.15) is 19.4 Å². The standard InChI is InChI=1S/C15H22N2O3/c1-12(2)10-16-14(19)15(20)17(8-9-18)11-13-6-4-3-5-7-13/h3-7,12,18H,8-11H2,1-2H3,(H,16,19). The van der Waals surface area contributed by atoms with Crippen LogP contribution in [0.2, 0.25) is 0 Å². The minimum Gasteiger partial charge on any atom is -0.395 e. The lowest BCUT2D eigenvalue weighted by Crippen LogP contribution is -2.44. The van der Waals surface area contributed by atoms with E-state index in [-0.39, 0.29) is 19.1 Å². The quantitative estimate of drug-likeness (QED) is 0.756. The van der Waals surface area contributed by atoms with E-state index in [1.807, 2.05) is 44.2 Å². The molecule has 0 heterocycles. The summed E-state index contributed by atoms with van der Waals surface area (Å²) in [6, 6.07) is 9.38. The number of aliphatic hydroxyl groups excluding tert-OH is 1.